The maximum absolute atomic E-state index is 11.8. The molecule has 1 aliphatic heterocycles. The molecular weight excluding hydrogens is 242 g/mol. The topological polar surface area (TPSA) is 61.4 Å². The standard InChI is InChI=1S/C11H21N3O2.ClH/c1-4-14-7-9(5-10(14)15)11(16)13-6-8(2)12-3;/h8-9,12H,4-7H2,1-3H3,(H,13,16);1H. The minimum atomic E-state index is -0.170. The Hall–Kier alpha value is -0.810. The second-order valence-electron chi connectivity index (χ2n) is 4.27. The molecule has 0 aromatic carbocycles. The van der Waals surface area contributed by atoms with Crippen LogP contribution in [0.1, 0.15) is 20.3 Å². The Morgan fingerprint density at radius 1 is 1.59 bits per heavy atom. The first kappa shape index (κ1) is 16.2. The van der Waals surface area contributed by atoms with Crippen molar-refractivity contribution < 1.29 is 9.59 Å². The second-order valence-corrected chi connectivity index (χ2v) is 4.27. The molecule has 0 spiro atoms. The Kier molecular flexibility index (Phi) is 7.15. The van der Waals surface area contributed by atoms with Crippen LogP contribution in [0.4, 0.5) is 0 Å². The maximum atomic E-state index is 11.8. The predicted octanol–water partition coefficient (Wildman–Crippen LogP) is 0.000700. The van der Waals surface area contributed by atoms with Gasteiger partial charge in [-0.3, -0.25) is 9.59 Å². The number of hydrogen-bond donors (Lipinski definition) is 2. The van der Waals surface area contributed by atoms with E-state index in [0.717, 1.165) is 0 Å². The van der Waals surface area contributed by atoms with Crippen LogP contribution in [0.2, 0.25) is 0 Å². The highest BCUT2D eigenvalue weighted by Crippen LogP contribution is 2.17. The molecule has 1 saturated heterocycles. The van der Waals surface area contributed by atoms with Gasteiger partial charge in [0, 0.05) is 32.1 Å². The van der Waals surface area contributed by atoms with Crippen molar-refractivity contribution >= 4 is 24.2 Å². The number of nitrogens with one attached hydrogen (secondary N) is 2. The van der Waals surface area contributed by atoms with Gasteiger partial charge in [-0.2, -0.15) is 0 Å². The number of carbonyl (C=O) groups is 2. The zero-order valence-corrected chi connectivity index (χ0v) is 11.5. The van der Waals surface area contributed by atoms with Gasteiger partial charge in [-0.15, -0.1) is 12.4 Å². The van der Waals surface area contributed by atoms with Crippen molar-refractivity contribution in [1.82, 2.24) is 15.5 Å². The molecular formula is C11H22ClN3O2. The lowest BCUT2D eigenvalue weighted by Crippen LogP contribution is -2.40. The molecule has 6 heteroatoms. The fourth-order valence-corrected chi connectivity index (χ4v) is 1.75. The van der Waals surface area contributed by atoms with E-state index in [0.29, 0.717) is 26.1 Å². The third-order valence-electron chi connectivity index (χ3n) is 3.04. The zero-order chi connectivity index (χ0) is 12.1. The van der Waals surface area contributed by atoms with E-state index in [1.165, 1.54) is 0 Å². The molecule has 0 aromatic rings. The highest BCUT2D eigenvalue weighted by molar-refractivity contribution is 5.89. The summed E-state index contributed by atoms with van der Waals surface area (Å²) in [4.78, 5) is 24.9. The molecule has 1 fully saturated rings. The smallest absolute Gasteiger partial charge is 0.225 e. The third-order valence-corrected chi connectivity index (χ3v) is 3.04. The van der Waals surface area contributed by atoms with Crippen LogP contribution in [-0.2, 0) is 9.59 Å². The van der Waals surface area contributed by atoms with Crippen molar-refractivity contribution in [2.45, 2.75) is 26.3 Å². The molecule has 0 bridgehead atoms. The molecule has 1 heterocycles. The number of likely N-dealkylation sites (tertiary alicyclic amines) is 1. The largest absolute Gasteiger partial charge is 0.354 e. The number of nitrogens with zero attached hydrogens (tertiary/aromatic N) is 1. The fraction of sp³-hybridized carbons (Fsp3) is 0.818. The van der Waals surface area contributed by atoms with Crippen LogP contribution >= 0.6 is 12.4 Å². The number of halogens is 1. The molecule has 100 valence electrons. The Morgan fingerprint density at radius 3 is 2.71 bits per heavy atom. The first-order valence-electron chi connectivity index (χ1n) is 5.81. The van der Waals surface area contributed by atoms with Crippen molar-refractivity contribution in [2.75, 3.05) is 26.7 Å². The summed E-state index contributed by atoms with van der Waals surface area (Å²) < 4.78 is 0. The highest BCUT2D eigenvalue weighted by atomic mass is 35.5. The number of hydrogen-bond acceptors (Lipinski definition) is 3. The Morgan fingerprint density at radius 2 is 2.24 bits per heavy atom. The minimum absolute atomic E-state index is 0. The highest BCUT2D eigenvalue weighted by Gasteiger charge is 2.33. The summed E-state index contributed by atoms with van der Waals surface area (Å²) in [6, 6.07) is 0.253. The lowest BCUT2D eigenvalue weighted by molar-refractivity contribution is -0.128. The molecule has 1 rings (SSSR count). The lowest BCUT2D eigenvalue weighted by Gasteiger charge is -2.15. The van der Waals surface area contributed by atoms with Gasteiger partial charge in [0.25, 0.3) is 0 Å². The van der Waals surface area contributed by atoms with Crippen molar-refractivity contribution in [2.24, 2.45) is 5.92 Å². The summed E-state index contributed by atoms with van der Waals surface area (Å²) in [5.41, 5.74) is 0. The molecule has 2 unspecified atom stereocenters. The van der Waals surface area contributed by atoms with E-state index in [1.807, 2.05) is 20.9 Å². The Bertz CT molecular complexity index is 273. The van der Waals surface area contributed by atoms with Gasteiger partial charge < -0.3 is 15.5 Å². The van der Waals surface area contributed by atoms with Crippen LogP contribution in [0.3, 0.4) is 0 Å². The van der Waals surface area contributed by atoms with Crippen molar-refractivity contribution in [3.8, 4) is 0 Å². The van der Waals surface area contributed by atoms with E-state index in [2.05, 4.69) is 10.6 Å². The molecule has 17 heavy (non-hydrogen) atoms. The van der Waals surface area contributed by atoms with Gasteiger partial charge in [-0.25, -0.2) is 0 Å². The first-order valence-corrected chi connectivity index (χ1v) is 5.81. The van der Waals surface area contributed by atoms with E-state index in [-0.39, 0.29) is 36.2 Å². The van der Waals surface area contributed by atoms with Gasteiger partial charge in [0.15, 0.2) is 0 Å². The molecule has 0 saturated carbocycles. The van der Waals surface area contributed by atoms with Gasteiger partial charge in [-0.05, 0) is 20.9 Å². The predicted molar refractivity (Wildman–Crippen MR) is 69.1 cm³/mol. The Labute approximate surface area is 109 Å². The van der Waals surface area contributed by atoms with E-state index in [9.17, 15) is 9.59 Å². The number of likely N-dealkylation sites (N-methyl/N-ethyl adjacent to an activating group) is 1. The molecule has 5 nitrogen and oxygen atoms in total. The summed E-state index contributed by atoms with van der Waals surface area (Å²) in [7, 11) is 1.86. The van der Waals surface area contributed by atoms with E-state index in [4.69, 9.17) is 0 Å². The normalized spacial score (nSPS) is 21.0. The molecule has 0 radical (unpaired) electrons. The van der Waals surface area contributed by atoms with Crippen LogP contribution in [0.25, 0.3) is 0 Å². The summed E-state index contributed by atoms with van der Waals surface area (Å²) in [6.45, 7) is 5.79. The van der Waals surface area contributed by atoms with E-state index >= 15 is 0 Å². The number of carbonyl (C=O) groups excluding carboxylic acids is 2. The quantitative estimate of drug-likeness (QED) is 0.734. The molecule has 2 N–H and O–H groups in total. The summed E-state index contributed by atoms with van der Waals surface area (Å²) in [6.07, 6.45) is 0.355. The summed E-state index contributed by atoms with van der Waals surface area (Å²) in [5, 5.41) is 5.91. The van der Waals surface area contributed by atoms with Crippen LogP contribution in [0, 0.1) is 5.92 Å². The Balaban J connectivity index is 0.00000256. The fourth-order valence-electron chi connectivity index (χ4n) is 1.75. The maximum Gasteiger partial charge on any atom is 0.225 e. The van der Waals surface area contributed by atoms with Gasteiger partial charge in [0.1, 0.15) is 0 Å². The van der Waals surface area contributed by atoms with Crippen molar-refractivity contribution in [1.29, 1.82) is 0 Å². The number of rotatable bonds is 5. The second kappa shape index (κ2) is 7.50. The van der Waals surface area contributed by atoms with Crippen molar-refractivity contribution in [3.05, 3.63) is 0 Å². The van der Waals surface area contributed by atoms with Gasteiger partial charge in [0.05, 0.1) is 5.92 Å². The molecule has 2 atom stereocenters. The lowest BCUT2D eigenvalue weighted by atomic mass is 10.1. The van der Waals surface area contributed by atoms with Crippen LogP contribution in [0.5, 0.6) is 0 Å². The van der Waals surface area contributed by atoms with Crippen LogP contribution in [0.15, 0.2) is 0 Å². The minimum Gasteiger partial charge on any atom is -0.354 e. The third kappa shape index (κ3) is 4.52. The SMILES string of the molecule is CCN1CC(C(=O)NCC(C)NC)CC1=O.Cl. The van der Waals surface area contributed by atoms with Gasteiger partial charge in [0.2, 0.25) is 11.8 Å². The first-order chi connectivity index (χ1) is 7.58. The molecule has 2 amide bonds. The monoisotopic (exact) mass is 263 g/mol. The summed E-state index contributed by atoms with van der Waals surface area (Å²) in [5.74, 6) is -0.0905. The van der Waals surface area contributed by atoms with E-state index < -0.39 is 0 Å². The van der Waals surface area contributed by atoms with Gasteiger partial charge in [-0.1, -0.05) is 0 Å². The number of amides is 2. The average Bonchev–Trinajstić information content (AvgIpc) is 2.66. The molecule has 0 aromatic heterocycles. The average molecular weight is 264 g/mol. The van der Waals surface area contributed by atoms with Crippen LogP contribution in [-0.4, -0.2) is 49.4 Å². The van der Waals surface area contributed by atoms with Crippen LogP contribution < -0.4 is 10.6 Å². The summed E-state index contributed by atoms with van der Waals surface area (Å²) >= 11 is 0. The molecule has 0 aliphatic carbocycles. The van der Waals surface area contributed by atoms with Gasteiger partial charge >= 0.3 is 0 Å². The zero-order valence-electron chi connectivity index (χ0n) is 10.7. The molecule has 1 aliphatic rings. The van der Waals surface area contributed by atoms with E-state index in [1.54, 1.807) is 4.90 Å². The van der Waals surface area contributed by atoms with Crippen molar-refractivity contribution in [3.63, 3.8) is 0 Å².